The molecule has 4 rings (SSSR count). The number of aromatic nitrogens is 2. The van der Waals surface area contributed by atoms with Crippen LogP contribution in [0.1, 0.15) is 24.1 Å². The fourth-order valence-electron chi connectivity index (χ4n) is 3.26. The number of fused-ring (bicyclic) bond motifs is 1. The summed E-state index contributed by atoms with van der Waals surface area (Å²) in [6, 6.07) is 10.8. The summed E-state index contributed by atoms with van der Waals surface area (Å²) in [5.74, 6) is 0.702. The number of pyridine rings is 1. The summed E-state index contributed by atoms with van der Waals surface area (Å²) in [7, 11) is 0. The van der Waals surface area contributed by atoms with E-state index >= 15 is 0 Å². The fourth-order valence-corrected chi connectivity index (χ4v) is 3.43. The third-order valence-electron chi connectivity index (χ3n) is 4.71. The van der Waals surface area contributed by atoms with Crippen molar-refractivity contribution < 1.29 is 9.47 Å². The molecule has 2 aromatic heterocycles. The third-order valence-corrected chi connectivity index (χ3v) is 4.95. The average molecular weight is 400 g/mol. The molecular formula is C21H22ClN3O3. The second kappa shape index (κ2) is 8.20. The van der Waals surface area contributed by atoms with Crippen LogP contribution in [0.3, 0.4) is 0 Å². The van der Waals surface area contributed by atoms with Crippen molar-refractivity contribution >= 4 is 22.9 Å². The molecule has 1 aliphatic rings. The minimum Gasteiger partial charge on any atom is -0.489 e. The first-order valence-electron chi connectivity index (χ1n) is 9.35. The predicted octanol–water partition coefficient (Wildman–Crippen LogP) is 3.83. The zero-order chi connectivity index (χ0) is 19.5. The molecule has 3 heterocycles. The zero-order valence-corrected chi connectivity index (χ0v) is 16.4. The molecule has 1 unspecified atom stereocenters. The van der Waals surface area contributed by atoms with E-state index < -0.39 is 0 Å². The van der Waals surface area contributed by atoms with Gasteiger partial charge in [-0.2, -0.15) is 0 Å². The monoisotopic (exact) mass is 399 g/mol. The van der Waals surface area contributed by atoms with Gasteiger partial charge in [-0.15, -0.1) is 0 Å². The van der Waals surface area contributed by atoms with Crippen LogP contribution in [0.5, 0.6) is 5.75 Å². The first-order valence-corrected chi connectivity index (χ1v) is 9.73. The number of aryl methyl sites for hydroxylation is 1. The first-order chi connectivity index (χ1) is 13.6. The second-order valence-electron chi connectivity index (χ2n) is 6.96. The number of ether oxygens (including phenoxy) is 2. The smallest absolute Gasteiger partial charge is 0.258 e. The van der Waals surface area contributed by atoms with E-state index in [1.807, 2.05) is 31.2 Å². The van der Waals surface area contributed by atoms with Gasteiger partial charge >= 0.3 is 0 Å². The predicted molar refractivity (Wildman–Crippen MR) is 109 cm³/mol. The molecule has 7 heteroatoms. The lowest BCUT2D eigenvalue weighted by atomic mass is 10.2. The van der Waals surface area contributed by atoms with E-state index in [0.29, 0.717) is 35.3 Å². The number of nitrogens with zero attached hydrogens (tertiary/aromatic N) is 2. The zero-order valence-electron chi connectivity index (χ0n) is 15.7. The van der Waals surface area contributed by atoms with Crippen LogP contribution in [0, 0.1) is 6.92 Å². The van der Waals surface area contributed by atoms with E-state index in [1.165, 1.54) is 6.07 Å². The standard InChI is InChI=1S/C21H22ClN3O3/c1-14-4-7-20-24-16(10-21(26)25(20)12-14)11-23-18-9-15(22)5-6-19(18)28-13-17-3-2-8-27-17/h4-7,9-10,12,17,23H,2-3,8,11,13H2,1H3. The third kappa shape index (κ3) is 4.29. The summed E-state index contributed by atoms with van der Waals surface area (Å²) in [6.07, 6.45) is 4.01. The minimum atomic E-state index is -0.105. The van der Waals surface area contributed by atoms with Crippen molar-refractivity contribution in [3.8, 4) is 5.75 Å². The van der Waals surface area contributed by atoms with Crippen molar-refractivity contribution in [1.29, 1.82) is 0 Å². The summed E-state index contributed by atoms with van der Waals surface area (Å²) in [4.78, 5) is 16.9. The molecule has 0 saturated carbocycles. The van der Waals surface area contributed by atoms with Crippen molar-refractivity contribution in [2.45, 2.75) is 32.4 Å². The van der Waals surface area contributed by atoms with Gasteiger partial charge in [-0.25, -0.2) is 4.98 Å². The Hall–Kier alpha value is -2.57. The van der Waals surface area contributed by atoms with Gasteiger partial charge in [0.25, 0.3) is 5.56 Å². The molecule has 0 radical (unpaired) electrons. The van der Waals surface area contributed by atoms with Gasteiger partial charge in [0.2, 0.25) is 0 Å². The van der Waals surface area contributed by atoms with E-state index in [1.54, 1.807) is 16.7 Å². The lowest BCUT2D eigenvalue weighted by Gasteiger charge is -2.16. The summed E-state index contributed by atoms with van der Waals surface area (Å²) in [6.45, 7) is 3.63. The first kappa shape index (κ1) is 18.8. The van der Waals surface area contributed by atoms with Crippen molar-refractivity contribution in [2.75, 3.05) is 18.5 Å². The largest absolute Gasteiger partial charge is 0.489 e. The SMILES string of the molecule is Cc1ccc2nc(CNc3cc(Cl)ccc3OCC3CCCO3)cc(=O)n2c1. The highest BCUT2D eigenvalue weighted by molar-refractivity contribution is 6.30. The molecular weight excluding hydrogens is 378 g/mol. The maximum atomic E-state index is 12.4. The Morgan fingerprint density at radius 1 is 1.32 bits per heavy atom. The molecule has 3 aromatic rings. The Balaban J connectivity index is 1.51. The molecule has 146 valence electrons. The Morgan fingerprint density at radius 2 is 2.21 bits per heavy atom. The maximum absolute atomic E-state index is 12.4. The van der Waals surface area contributed by atoms with Crippen molar-refractivity contribution in [3.05, 3.63) is 69.2 Å². The van der Waals surface area contributed by atoms with E-state index in [2.05, 4.69) is 10.3 Å². The average Bonchev–Trinajstić information content (AvgIpc) is 3.20. The van der Waals surface area contributed by atoms with Gasteiger partial charge in [0.15, 0.2) is 0 Å². The molecule has 0 spiro atoms. The molecule has 1 N–H and O–H groups in total. The Labute approximate surface area is 168 Å². The number of halogens is 1. The molecule has 6 nitrogen and oxygen atoms in total. The number of hydrogen-bond acceptors (Lipinski definition) is 5. The molecule has 28 heavy (non-hydrogen) atoms. The molecule has 1 atom stereocenters. The van der Waals surface area contributed by atoms with Crippen LogP contribution >= 0.6 is 11.6 Å². The lowest BCUT2D eigenvalue weighted by molar-refractivity contribution is 0.0682. The van der Waals surface area contributed by atoms with E-state index in [-0.39, 0.29) is 11.7 Å². The second-order valence-corrected chi connectivity index (χ2v) is 7.40. The van der Waals surface area contributed by atoms with Gasteiger partial charge in [0, 0.05) is 23.9 Å². The van der Waals surface area contributed by atoms with Crippen LogP contribution in [0.25, 0.3) is 5.65 Å². The summed E-state index contributed by atoms with van der Waals surface area (Å²) >= 11 is 6.15. The Bertz CT molecular complexity index is 1040. The van der Waals surface area contributed by atoms with Gasteiger partial charge in [-0.3, -0.25) is 9.20 Å². The summed E-state index contributed by atoms with van der Waals surface area (Å²) in [5, 5.41) is 3.89. The Kier molecular flexibility index (Phi) is 5.50. The molecule has 0 aliphatic carbocycles. The normalized spacial score (nSPS) is 16.4. The van der Waals surface area contributed by atoms with E-state index in [4.69, 9.17) is 21.1 Å². The minimum absolute atomic E-state index is 0.105. The molecule has 1 saturated heterocycles. The molecule has 1 aliphatic heterocycles. The number of hydrogen-bond donors (Lipinski definition) is 1. The molecule has 0 amide bonds. The van der Waals surface area contributed by atoms with Crippen molar-refractivity contribution in [1.82, 2.24) is 9.38 Å². The number of anilines is 1. The number of benzene rings is 1. The molecule has 1 fully saturated rings. The summed E-state index contributed by atoms with van der Waals surface area (Å²) in [5.41, 5.74) is 2.94. The Morgan fingerprint density at radius 3 is 3.04 bits per heavy atom. The lowest BCUT2D eigenvalue weighted by Crippen LogP contribution is -2.18. The van der Waals surface area contributed by atoms with Crippen LogP contribution in [0.4, 0.5) is 5.69 Å². The van der Waals surface area contributed by atoms with Gasteiger partial charge in [0.05, 0.1) is 24.0 Å². The van der Waals surface area contributed by atoms with Crippen LogP contribution in [-0.2, 0) is 11.3 Å². The fraction of sp³-hybridized carbons (Fsp3) is 0.333. The van der Waals surface area contributed by atoms with Crippen LogP contribution in [0.2, 0.25) is 5.02 Å². The number of nitrogens with one attached hydrogen (secondary N) is 1. The van der Waals surface area contributed by atoms with Gasteiger partial charge in [-0.1, -0.05) is 17.7 Å². The van der Waals surface area contributed by atoms with Gasteiger partial charge in [-0.05, 0) is 49.6 Å². The quantitative estimate of drug-likeness (QED) is 0.682. The summed E-state index contributed by atoms with van der Waals surface area (Å²) < 4.78 is 13.1. The van der Waals surface area contributed by atoms with Crippen molar-refractivity contribution in [3.63, 3.8) is 0 Å². The van der Waals surface area contributed by atoms with Crippen LogP contribution in [-0.4, -0.2) is 28.7 Å². The highest BCUT2D eigenvalue weighted by Crippen LogP contribution is 2.29. The molecule has 1 aromatic carbocycles. The van der Waals surface area contributed by atoms with Crippen LogP contribution in [0.15, 0.2) is 47.4 Å². The highest BCUT2D eigenvalue weighted by Gasteiger charge is 2.17. The maximum Gasteiger partial charge on any atom is 0.258 e. The number of rotatable bonds is 6. The van der Waals surface area contributed by atoms with E-state index in [0.717, 1.165) is 30.7 Å². The highest BCUT2D eigenvalue weighted by atomic mass is 35.5. The van der Waals surface area contributed by atoms with E-state index in [9.17, 15) is 4.79 Å². The van der Waals surface area contributed by atoms with Gasteiger partial charge < -0.3 is 14.8 Å². The van der Waals surface area contributed by atoms with Crippen molar-refractivity contribution in [2.24, 2.45) is 0 Å². The van der Waals surface area contributed by atoms with Gasteiger partial charge in [0.1, 0.15) is 18.0 Å². The van der Waals surface area contributed by atoms with Crippen LogP contribution < -0.4 is 15.6 Å². The molecule has 0 bridgehead atoms. The topological polar surface area (TPSA) is 64.9 Å².